The highest BCUT2D eigenvalue weighted by atomic mass is 16.5. The van der Waals surface area contributed by atoms with Crippen molar-refractivity contribution in [2.24, 2.45) is 0 Å². The Labute approximate surface area is 71.0 Å². The van der Waals surface area contributed by atoms with Gasteiger partial charge < -0.3 is 10.1 Å². The molecule has 1 fully saturated rings. The molecule has 1 saturated heterocycles. The highest BCUT2D eigenvalue weighted by Gasteiger charge is 2.34. The van der Waals surface area contributed by atoms with E-state index in [9.17, 15) is 0 Å². The molecule has 1 aliphatic rings. The molecule has 0 unspecified atom stereocenters. The van der Waals surface area contributed by atoms with Gasteiger partial charge in [-0.25, -0.2) is 9.97 Å². The maximum atomic E-state index is 5.55. The standard InChI is InChI=1S/C8H11N3O/c1-8(5-9-6-8)12-7-10-3-2-4-11-7/h2-4,9H,5-6H2,1H3. The first-order valence-corrected chi connectivity index (χ1v) is 3.95. The average molecular weight is 165 g/mol. The summed E-state index contributed by atoms with van der Waals surface area (Å²) in [5, 5.41) is 3.14. The fourth-order valence-corrected chi connectivity index (χ4v) is 1.11. The fourth-order valence-electron chi connectivity index (χ4n) is 1.11. The zero-order valence-corrected chi connectivity index (χ0v) is 6.95. The number of rotatable bonds is 2. The van der Waals surface area contributed by atoms with Crippen LogP contribution in [0.25, 0.3) is 0 Å². The van der Waals surface area contributed by atoms with E-state index >= 15 is 0 Å². The van der Waals surface area contributed by atoms with Crippen molar-refractivity contribution in [1.82, 2.24) is 15.3 Å². The molecule has 0 amide bonds. The summed E-state index contributed by atoms with van der Waals surface area (Å²) in [6.45, 7) is 3.77. The van der Waals surface area contributed by atoms with Crippen molar-refractivity contribution in [3.8, 4) is 6.01 Å². The van der Waals surface area contributed by atoms with Gasteiger partial charge in [0.1, 0.15) is 5.60 Å². The molecule has 0 atom stereocenters. The van der Waals surface area contributed by atoms with Gasteiger partial charge in [0.2, 0.25) is 0 Å². The molecular formula is C8H11N3O. The smallest absolute Gasteiger partial charge is 0.316 e. The summed E-state index contributed by atoms with van der Waals surface area (Å²) in [5.74, 6) is 0. The highest BCUT2D eigenvalue weighted by molar-refractivity contribution is 5.01. The SMILES string of the molecule is CC1(Oc2ncccn2)CNC1. The summed E-state index contributed by atoms with van der Waals surface area (Å²) in [6.07, 6.45) is 3.36. The average Bonchev–Trinajstić information content (AvgIpc) is 2.04. The molecule has 1 aliphatic heterocycles. The van der Waals surface area contributed by atoms with Crippen LogP contribution in [0.5, 0.6) is 6.01 Å². The summed E-state index contributed by atoms with van der Waals surface area (Å²) in [5.41, 5.74) is -0.110. The van der Waals surface area contributed by atoms with E-state index in [0.717, 1.165) is 13.1 Å². The number of hydrogen-bond donors (Lipinski definition) is 1. The second-order valence-electron chi connectivity index (χ2n) is 3.19. The Morgan fingerprint density at radius 3 is 2.58 bits per heavy atom. The lowest BCUT2D eigenvalue weighted by Gasteiger charge is -2.38. The second-order valence-corrected chi connectivity index (χ2v) is 3.19. The summed E-state index contributed by atoms with van der Waals surface area (Å²) in [7, 11) is 0. The van der Waals surface area contributed by atoms with E-state index in [1.54, 1.807) is 18.5 Å². The van der Waals surface area contributed by atoms with Crippen molar-refractivity contribution in [2.45, 2.75) is 12.5 Å². The molecule has 0 bridgehead atoms. The van der Waals surface area contributed by atoms with E-state index in [4.69, 9.17) is 4.74 Å². The molecule has 0 saturated carbocycles. The van der Waals surface area contributed by atoms with Gasteiger partial charge in [0.15, 0.2) is 0 Å². The number of ether oxygens (including phenoxy) is 1. The minimum absolute atomic E-state index is 0.110. The summed E-state index contributed by atoms with van der Waals surface area (Å²) in [4.78, 5) is 7.97. The molecule has 1 aromatic heterocycles. The van der Waals surface area contributed by atoms with E-state index in [-0.39, 0.29) is 5.60 Å². The Bertz CT molecular complexity index is 258. The molecule has 2 heterocycles. The minimum Gasteiger partial charge on any atom is -0.454 e. The topological polar surface area (TPSA) is 47.0 Å². The number of aromatic nitrogens is 2. The zero-order valence-electron chi connectivity index (χ0n) is 6.95. The third kappa shape index (κ3) is 1.38. The number of hydrogen-bond acceptors (Lipinski definition) is 4. The summed E-state index contributed by atoms with van der Waals surface area (Å²) in [6, 6.07) is 2.23. The van der Waals surface area contributed by atoms with E-state index in [2.05, 4.69) is 15.3 Å². The highest BCUT2D eigenvalue weighted by Crippen LogP contribution is 2.16. The van der Waals surface area contributed by atoms with Gasteiger partial charge in [-0.1, -0.05) is 0 Å². The molecule has 0 aliphatic carbocycles. The van der Waals surface area contributed by atoms with Gasteiger partial charge >= 0.3 is 6.01 Å². The monoisotopic (exact) mass is 165 g/mol. The molecule has 0 aromatic carbocycles. The Morgan fingerprint density at radius 2 is 2.08 bits per heavy atom. The maximum Gasteiger partial charge on any atom is 0.316 e. The van der Waals surface area contributed by atoms with Gasteiger partial charge in [-0.2, -0.15) is 0 Å². The van der Waals surface area contributed by atoms with Gasteiger partial charge in [0.05, 0.1) is 0 Å². The predicted octanol–water partition coefficient (Wildman–Crippen LogP) is 0.217. The lowest BCUT2D eigenvalue weighted by molar-refractivity contribution is 0.0257. The normalized spacial score (nSPS) is 19.8. The Kier molecular flexibility index (Phi) is 1.69. The summed E-state index contributed by atoms with van der Waals surface area (Å²) >= 11 is 0. The fraction of sp³-hybridized carbons (Fsp3) is 0.500. The molecular weight excluding hydrogens is 154 g/mol. The van der Waals surface area contributed by atoms with Crippen LogP contribution >= 0.6 is 0 Å². The van der Waals surface area contributed by atoms with Gasteiger partial charge in [-0.05, 0) is 13.0 Å². The van der Waals surface area contributed by atoms with Crippen LogP contribution in [0.3, 0.4) is 0 Å². The van der Waals surface area contributed by atoms with Gasteiger partial charge in [0, 0.05) is 25.5 Å². The second kappa shape index (κ2) is 2.71. The molecule has 1 aromatic rings. The van der Waals surface area contributed by atoms with E-state index in [0.29, 0.717) is 6.01 Å². The lowest BCUT2D eigenvalue weighted by atomic mass is 10.0. The van der Waals surface area contributed by atoms with Crippen molar-refractivity contribution in [1.29, 1.82) is 0 Å². The molecule has 2 rings (SSSR count). The largest absolute Gasteiger partial charge is 0.454 e. The van der Waals surface area contributed by atoms with E-state index in [1.165, 1.54) is 0 Å². The predicted molar refractivity (Wildman–Crippen MR) is 43.9 cm³/mol. The molecule has 0 radical (unpaired) electrons. The molecule has 4 heteroatoms. The maximum absolute atomic E-state index is 5.55. The van der Waals surface area contributed by atoms with Crippen LogP contribution in [0.4, 0.5) is 0 Å². The van der Waals surface area contributed by atoms with Crippen LogP contribution in [0.1, 0.15) is 6.92 Å². The molecule has 0 spiro atoms. The number of nitrogens with one attached hydrogen (secondary N) is 1. The quantitative estimate of drug-likeness (QED) is 0.681. The Morgan fingerprint density at radius 1 is 1.42 bits per heavy atom. The van der Waals surface area contributed by atoms with Crippen LogP contribution in [-0.4, -0.2) is 28.7 Å². The molecule has 4 nitrogen and oxygen atoms in total. The van der Waals surface area contributed by atoms with E-state index < -0.39 is 0 Å². The van der Waals surface area contributed by atoms with Crippen LogP contribution in [0.15, 0.2) is 18.5 Å². The van der Waals surface area contributed by atoms with Crippen molar-refractivity contribution in [3.63, 3.8) is 0 Å². The van der Waals surface area contributed by atoms with Crippen molar-refractivity contribution in [2.75, 3.05) is 13.1 Å². The molecule has 64 valence electrons. The Hall–Kier alpha value is -1.16. The third-order valence-electron chi connectivity index (χ3n) is 1.88. The first-order chi connectivity index (χ1) is 5.79. The van der Waals surface area contributed by atoms with Crippen molar-refractivity contribution >= 4 is 0 Å². The van der Waals surface area contributed by atoms with Gasteiger partial charge in [0.25, 0.3) is 0 Å². The van der Waals surface area contributed by atoms with Gasteiger partial charge in [-0.15, -0.1) is 0 Å². The van der Waals surface area contributed by atoms with Crippen molar-refractivity contribution < 1.29 is 4.74 Å². The minimum atomic E-state index is -0.110. The summed E-state index contributed by atoms with van der Waals surface area (Å²) < 4.78 is 5.55. The third-order valence-corrected chi connectivity index (χ3v) is 1.88. The zero-order chi connectivity index (χ0) is 8.44. The molecule has 12 heavy (non-hydrogen) atoms. The first-order valence-electron chi connectivity index (χ1n) is 3.95. The Balaban J connectivity index is 2.04. The lowest BCUT2D eigenvalue weighted by Crippen LogP contribution is -2.61. The van der Waals surface area contributed by atoms with Crippen LogP contribution in [0.2, 0.25) is 0 Å². The number of nitrogens with zero attached hydrogens (tertiary/aromatic N) is 2. The van der Waals surface area contributed by atoms with Crippen LogP contribution in [-0.2, 0) is 0 Å². The van der Waals surface area contributed by atoms with Crippen LogP contribution < -0.4 is 10.1 Å². The van der Waals surface area contributed by atoms with E-state index in [1.807, 2.05) is 6.92 Å². The van der Waals surface area contributed by atoms with Crippen LogP contribution in [0, 0.1) is 0 Å². The molecule has 1 N–H and O–H groups in total. The first kappa shape index (κ1) is 7.49. The van der Waals surface area contributed by atoms with Gasteiger partial charge in [-0.3, -0.25) is 0 Å². The van der Waals surface area contributed by atoms with Crippen molar-refractivity contribution in [3.05, 3.63) is 18.5 Å².